The van der Waals surface area contributed by atoms with Crippen LogP contribution >= 0.6 is 11.3 Å². The Morgan fingerprint density at radius 2 is 1.94 bits per heavy atom. The average molecular weight is 476 g/mol. The molecule has 5 rings (SSSR count). The van der Waals surface area contributed by atoms with Crippen LogP contribution in [0.4, 0.5) is 5.13 Å². The largest absolute Gasteiger partial charge is 0.332 e. The fourth-order valence-electron chi connectivity index (χ4n) is 3.87. The highest BCUT2D eigenvalue weighted by atomic mass is 32.1. The molecule has 0 saturated heterocycles. The fourth-order valence-corrected chi connectivity index (χ4v) is 4.93. The van der Waals surface area contributed by atoms with Crippen LogP contribution in [0.1, 0.15) is 11.1 Å². The van der Waals surface area contributed by atoms with Crippen LogP contribution in [-0.2, 0) is 32.0 Å². The zero-order chi connectivity index (χ0) is 24.0. The summed E-state index contributed by atoms with van der Waals surface area (Å²) in [5.41, 5.74) is 2.17. The normalized spacial score (nSPS) is 11.4. The summed E-state index contributed by atoms with van der Waals surface area (Å²) in [7, 11) is 2.95. The zero-order valence-corrected chi connectivity index (χ0v) is 19.6. The van der Waals surface area contributed by atoms with E-state index < -0.39 is 11.2 Å². The first kappa shape index (κ1) is 21.7. The first-order valence-corrected chi connectivity index (χ1v) is 11.3. The lowest BCUT2D eigenvalue weighted by Gasteiger charge is -2.20. The van der Waals surface area contributed by atoms with Crippen molar-refractivity contribution in [3.63, 3.8) is 0 Å². The molecule has 1 aromatic carbocycles. The Hall–Kier alpha value is -4.12. The minimum absolute atomic E-state index is 0.140. The Kier molecular flexibility index (Phi) is 5.33. The summed E-state index contributed by atoms with van der Waals surface area (Å²) in [4.78, 5) is 53.4. The van der Waals surface area contributed by atoms with Crippen molar-refractivity contribution in [1.29, 1.82) is 0 Å². The average Bonchev–Trinajstić information content (AvgIpc) is 3.46. The monoisotopic (exact) mass is 475 g/mol. The van der Waals surface area contributed by atoms with Crippen molar-refractivity contribution in [3.8, 4) is 0 Å². The molecule has 0 radical (unpaired) electrons. The molecule has 10 nitrogen and oxygen atoms in total. The van der Waals surface area contributed by atoms with E-state index in [4.69, 9.17) is 4.98 Å². The van der Waals surface area contributed by atoms with Gasteiger partial charge in [-0.05, 0) is 30.2 Å². The molecule has 0 spiro atoms. The van der Waals surface area contributed by atoms with Crippen molar-refractivity contribution < 1.29 is 4.79 Å². The molecular formula is C23H21N7O3S. The van der Waals surface area contributed by atoms with Crippen molar-refractivity contribution in [1.82, 2.24) is 28.7 Å². The number of hydrogen-bond acceptors (Lipinski definition) is 7. The van der Waals surface area contributed by atoms with E-state index in [-0.39, 0.29) is 30.2 Å². The van der Waals surface area contributed by atoms with Gasteiger partial charge in [0.15, 0.2) is 16.3 Å². The number of fused-ring (bicyclic) bond motifs is 2. The highest BCUT2D eigenvalue weighted by Crippen LogP contribution is 2.31. The molecule has 4 aromatic heterocycles. The number of amides is 1. The van der Waals surface area contributed by atoms with Crippen LogP contribution in [0.25, 0.3) is 21.4 Å². The predicted octanol–water partition coefficient (Wildman–Crippen LogP) is 1.98. The standard InChI is InChI=1S/C23H21N7O3S/c1-14-6-4-8-16-18(14)26-22(34-16)30(11-15-7-5-9-24-10-15)17(31)12-29-13-25-20-19(29)21(32)28(3)23(33)27(20)2/h4-10,13H,11-12H2,1-3H3. The molecule has 0 aliphatic rings. The maximum Gasteiger partial charge on any atom is 0.332 e. The van der Waals surface area contributed by atoms with Gasteiger partial charge in [-0.15, -0.1) is 0 Å². The van der Waals surface area contributed by atoms with Crippen LogP contribution in [0.15, 0.2) is 58.6 Å². The van der Waals surface area contributed by atoms with Crippen LogP contribution in [0.5, 0.6) is 0 Å². The lowest BCUT2D eigenvalue weighted by Crippen LogP contribution is -2.38. The number of carbonyl (C=O) groups is 1. The van der Waals surface area contributed by atoms with Gasteiger partial charge in [0.2, 0.25) is 5.91 Å². The number of anilines is 1. The number of benzene rings is 1. The van der Waals surface area contributed by atoms with Gasteiger partial charge in [0.25, 0.3) is 5.56 Å². The quantitative estimate of drug-likeness (QED) is 0.385. The van der Waals surface area contributed by atoms with Crippen molar-refractivity contribution in [2.75, 3.05) is 4.90 Å². The second-order valence-electron chi connectivity index (χ2n) is 8.01. The molecule has 0 bridgehead atoms. The van der Waals surface area contributed by atoms with Gasteiger partial charge in [-0.3, -0.25) is 28.6 Å². The molecule has 0 unspecified atom stereocenters. The summed E-state index contributed by atoms with van der Waals surface area (Å²) in [5, 5.41) is 0.558. The van der Waals surface area contributed by atoms with E-state index in [0.717, 1.165) is 25.9 Å². The van der Waals surface area contributed by atoms with Crippen LogP contribution in [0, 0.1) is 6.92 Å². The molecule has 0 aliphatic heterocycles. The summed E-state index contributed by atoms with van der Waals surface area (Å²) in [6.07, 6.45) is 4.79. The molecular weight excluding hydrogens is 454 g/mol. The summed E-state index contributed by atoms with van der Waals surface area (Å²) in [6, 6.07) is 9.63. The number of hydrogen-bond donors (Lipinski definition) is 0. The van der Waals surface area contributed by atoms with Crippen molar-refractivity contribution >= 4 is 43.8 Å². The predicted molar refractivity (Wildman–Crippen MR) is 130 cm³/mol. The Bertz CT molecular complexity index is 1660. The second kappa shape index (κ2) is 8.34. The third-order valence-corrected chi connectivity index (χ3v) is 6.77. The van der Waals surface area contributed by atoms with Crippen LogP contribution in [-0.4, -0.2) is 34.6 Å². The lowest BCUT2D eigenvalue weighted by molar-refractivity contribution is -0.119. The number of para-hydroxylation sites is 1. The van der Waals surface area contributed by atoms with Crippen molar-refractivity contribution in [2.24, 2.45) is 14.1 Å². The Balaban J connectivity index is 1.58. The zero-order valence-electron chi connectivity index (χ0n) is 18.8. The van der Waals surface area contributed by atoms with E-state index >= 15 is 0 Å². The molecule has 0 saturated carbocycles. The van der Waals surface area contributed by atoms with E-state index in [1.807, 2.05) is 37.3 Å². The molecule has 0 atom stereocenters. The molecule has 34 heavy (non-hydrogen) atoms. The van der Waals surface area contributed by atoms with Gasteiger partial charge in [-0.1, -0.05) is 29.5 Å². The summed E-state index contributed by atoms with van der Waals surface area (Å²) >= 11 is 1.43. The van der Waals surface area contributed by atoms with Gasteiger partial charge >= 0.3 is 5.69 Å². The van der Waals surface area contributed by atoms with Crippen LogP contribution in [0.2, 0.25) is 0 Å². The number of thiazole rings is 1. The smallest absolute Gasteiger partial charge is 0.315 e. The van der Waals surface area contributed by atoms with Crippen molar-refractivity contribution in [2.45, 2.75) is 20.0 Å². The Labute approximate surface area is 197 Å². The number of aryl methyl sites for hydroxylation is 2. The molecule has 0 N–H and O–H groups in total. The molecule has 5 aromatic rings. The minimum atomic E-state index is -0.502. The van der Waals surface area contributed by atoms with Gasteiger partial charge in [-0.25, -0.2) is 14.8 Å². The number of aromatic nitrogens is 6. The van der Waals surface area contributed by atoms with E-state index in [1.54, 1.807) is 24.3 Å². The van der Waals surface area contributed by atoms with Gasteiger partial charge in [0.1, 0.15) is 6.54 Å². The fraction of sp³-hybridized carbons (Fsp3) is 0.217. The third kappa shape index (κ3) is 3.59. The highest BCUT2D eigenvalue weighted by Gasteiger charge is 2.23. The summed E-state index contributed by atoms with van der Waals surface area (Å²) in [6.45, 7) is 2.12. The second-order valence-corrected chi connectivity index (χ2v) is 9.02. The maximum atomic E-state index is 13.6. The summed E-state index contributed by atoms with van der Waals surface area (Å²) < 4.78 is 4.76. The van der Waals surface area contributed by atoms with Crippen LogP contribution in [0.3, 0.4) is 0 Å². The first-order chi connectivity index (χ1) is 16.3. The van der Waals surface area contributed by atoms with Gasteiger partial charge in [-0.2, -0.15) is 0 Å². The highest BCUT2D eigenvalue weighted by molar-refractivity contribution is 7.22. The molecule has 0 fully saturated rings. The third-order valence-electron chi connectivity index (χ3n) is 5.73. The summed E-state index contributed by atoms with van der Waals surface area (Å²) in [5.74, 6) is -0.268. The van der Waals surface area contributed by atoms with E-state index in [2.05, 4.69) is 9.97 Å². The number of carbonyl (C=O) groups excluding carboxylic acids is 1. The lowest BCUT2D eigenvalue weighted by atomic mass is 10.2. The van der Waals surface area contributed by atoms with Gasteiger partial charge in [0.05, 0.1) is 23.1 Å². The van der Waals surface area contributed by atoms with Crippen LogP contribution < -0.4 is 16.1 Å². The Morgan fingerprint density at radius 1 is 1.12 bits per heavy atom. The maximum absolute atomic E-state index is 13.6. The minimum Gasteiger partial charge on any atom is -0.315 e. The van der Waals surface area contributed by atoms with E-state index in [9.17, 15) is 14.4 Å². The topological polar surface area (TPSA) is 108 Å². The number of rotatable bonds is 5. The first-order valence-electron chi connectivity index (χ1n) is 10.5. The van der Waals surface area contributed by atoms with E-state index in [1.165, 1.54) is 33.8 Å². The number of imidazole rings is 1. The Morgan fingerprint density at radius 3 is 2.68 bits per heavy atom. The van der Waals surface area contributed by atoms with E-state index in [0.29, 0.717) is 5.13 Å². The number of nitrogens with zero attached hydrogens (tertiary/aromatic N) is 7. The number of pyridine rings is 1. The molecule has 0 aliphatic carbocycles. The molecule has 1 amide bonds. The molecule has 4 heterocycles. The molecule has 172 valence electrons. The van der Waals surface area contributed by atoms with Gasteiger partial charge < -0.3 is 4.57 Å². The molecule has 11 heteroatoms. The van der Waals surface area contributed by atoms with Crippen molar-refractivity contribution in [3.05, 3.63) is 81.0 Å². The van der Waals surface area contributed by atoms with Gasteiger partial charge in [0, 0.05) is 26.5 Å². The SMILES string of the molecule is Cc1cccc2sc(N(Cc3cccnc3)C(=O)Cn3cnc4c3c(=O)n(C)c(=O)n4C)nc12.